The van der Waals surface area contributed by atoms with Crippen LogP contribution in [-0.4, -0.2) is 21.7 Å². The summed E-state index contributed by atoms with van der Waals surface area (Å²) in [5, 5.41) is 1.63. The van der Waals surface area contributed by atoms with Gasteiger partial charge in [0, 0.05) is 34.2 Å². The summed E-state index contributed by atoms with van der Waals surface area (Å²) in [5.74, 6) is -0.484. The van der Waals surface area contributed by atoms with E-state index in [1.807, 2.05) is 48.5 Å². The summed E-state index contributed by atoms with van der Waals surface area (Å²) < 4.78 is 9.72. The monoisotopic (exact) mass is 567 g/mol. The molecule has 6 nitrogen and oxygen atoms in total. The first-order valence-electron chi connectivity index (χ1n) is 13.0. The molecule has 8 heteroatoms. The minimum absolute atomic E-state index is 0.210. The molecule has 6 rings (SSSR count). The molecule has 1 aliphatic heterocycles. The van der Waals surface area contributed by atoms with Crippen molar-refractivity contribution >= 4 is 45.9 Å². The molecule has 0 N–H and O–H groups in total. The van der Waals surface area contributed by atoms with Crippen LogP contribution in [0.2, 0.25) is 5.02 Å². The van der Waals surface area contributed by atoms with E-state index in [1.165, 1.54) is 16.9 Å². The second-order valence-electron chi connectivity index (χ2n) is 9.57. The van der Waals surface area contributed by atoms with Gasteiger partial charge in [-0.2, -0.15) is 0 Å². The number of halogens is 1. The maximum atomic E-state index is 14.0. The first kappa shape index (κ1) is 26.0. The summed E-state index contributed by atoms with van der Waals surface area (Å²) in [5.41, 5.74) is 4.66. The van der Waals surface area contributed by atoms with Gasteiger partial charge in [-0.25, -0.2) is 9.79 Å². The normalized spacial score (nSPS) is 15.3. The lowest BCUT2D eigenvalue weighted by Gasteiger charge is -2.24. The van der Waals surface area contributed by atoms with Gasteiger partial charge in [0.05, 0.1) is 28.5 Å². The molecule has 0 saturated carbocycles. The number of hydrogen-bond acceptors (Lipinski definition) is 5. The number of benzene rings is 3. The summed E-state index contributed by atoms with van der Waals surface area (Å²) in [6.45, 7) is 4.48. The molecule has 200 valence electrons. The molecule has 0 saturated heterocycles. The smallest absolute Gasteiger partial charge is 0.338 e. The lowest BCUT2D eigenvalue weighted by Crippen LogP contribution is -2.39. The minimum atomic E-state index is -0.672. The lowest BCUT2D eigenvalue weighted by molar-refractivity contribution is -0.139. The SMILES string of the molecule is CCOC(=O)C1=C(C)N=c2s/c(=C\c3cn(Cc4ccccc4)c4ccccc34)c(=O)n2C1c1ccc(Cl)cc1. The number of hydrogen-bond donors (Lipinski definition) is 0. The van der Waals surface area contributed by atoms with Crippen molar-refractivity contribution < 1.29 is 9.53 Å². The zero-order chi connectivity index (χ0) is 27.8. The molecule has 1 atom stereocenters. The molecular formula is C32H26ClN3O3S. The fourth-order valence-electron chi connectivity index (χ4n) is 5.19. The van der Waals surface area contributed by atoms with E-state index >= 15 is 0 Å². The van der Waals surface area contributed by atoms with Crippen LogP contribution in [0, 0.1) is 0 Å². The minimum Gasteiger partial charge on any atom is -0.463 e. The molecule has 0 aliphatic carbocycles. The number of thiazole rings is 1. The number of ether oxygens (including phenoxy) is 1. The number of nitrogens with zero attached hydrogens (tertiary/aromatic N) is 3. The van der Waals surface area contributed by atoms with E-state index < -0.39 is 12.0 Å². The Morgan fingerprint density at radius 3 is 2.52 bits per heavy atom. The number of esters is 1. The number of carbonyl (C=O) groups excluding carboxylic acids is 1. The van der Waals surface area contributed by atoms with Crippen molar-refractivity contribution in [3.63, 3.8) is 0 Å². The predicted octanol–water partition coefficient (Wildman–Crippen LogP) is 5.45. The van der Waals surface area contributed by atoms with E-state index in [2.05, 4.69) is 40.0 Å². The first-order valence-corrected chi connectivity index (χ1v) is 14.2. The number of allylic oxidation sites excluding steroid dienone is 1. The fraction of sp³-hybridized carbons (Fsp3) is 0.156. The van der Waals surface area contributed by atoms with Crippen LogP contribution in [0.15, 0.2) is 106 Å². The lowest BCUT2D eigenvalue weighted by atomic mass is 9.96. The van der Waals surface area contributed by atoms with Gasteiger partial charge in [-0.15, -0.1) is 0 Å². The van der Waals surface area contributed by atoms with E-state index in [9.17, 15) is 9.59 Å². The second-order valence-corrected chi connectivity index (χ2v) is 11.0. The molecule has 40 heavy (non-hydrogen) atoms. The quantitative estimate of drug-likeness (QED) is 0.256. The molecule has 5 aromatic rings. The third-order valence-corrected chi connectivity index (χ3v) is 8.24. The first-order chi connectivity index (χ1) is 19.4. The summed E-state index contributed by atoms with van der Waals surface area (Å²) in [6, 6.07) is 25.0. The van der Waals surface area contributed by atoms with Gasteiger partial charge in [0.25, 0.3) is 5.56 Å². The van der Waals surface area contributed by atoms with Crippen LogP contribution >= 0.6 is 22.9 Å². The Morgan fingerprint density at radius 1 is 1.05 bits per heavy atom. The average Bonchev–Trinajstić information content (AvgIpc) is 3.45. The van der Waals surface area contributed by atoms with Crippen molar-refractivity contribution in [1.82, 2.24) is 9.13 Å². The van der Waals surface area contributed by atoms with E-state index in [1.54, 1.807) is 30.5 Å². The number of fused-ring (bicyclic) bond motifs is 2. The maximum absolute atomic E-state index is 14.0. The summed E-state index contributed by atoms with van der Waals surface area (Å²) >= 11 is 7.48. The zero-order valence-electron chi connectivity index (χ0n) is 22.0. The van der Waals surface area contributed by atoms with Gasteiger partial charge in [0.2, 0.25) is 0 Å². The summed E-state index contributed by atoms with van der Waals surface area (Å²) in [7, 11) is 0. The number of para-hydroxylation sites is 1. The molecule has 1 unspecified atom stereocenters. The zero-order valence-corrected chi connectivity index (χ0v) is 23.6. The Balaban J connectivity index is 1.52. The van der Waals surface area contributed by atoms with Crippen LogP contribution < -0.4 is 14.9 Å². The number of carbonyl (C=O) groups is 1. The van der Waals surface area contributed by atoms with Crippen molar-refractivity contribution in [3.8, 4) is 0 Å². The van der Waals surface area contributed by atoms with Crippen molar-refractivity contribution in [3.05, 3.63) is 138 Å². The molecule has 1 aliphatic rings. The van der Waals surface area contributed by atoms with E-state index in [4.69, 9.17) is 16.3 Å². The second kappa shape index (κ2) is 10.8. The highest BCUT2D eigenvalue weighted by Crippen LogP contribution is 2.31. The van der Waals surface area contributed by atoms with Crippen LogP contribution in [0.4, 0.5) is 0 Å². The van der Waals surface area contributed by atoms with Crippen molar-refractivity contribution in [2.75, 3.05) is 6.61 Å². The predicted molar refractivity (Wildman–Crippen MR) is 159 cm³/mol. The van der Waals surface area contributed by atoms with Gasteiger partial charge in [-0.1, -0.05) is 83.6 Å². The van der Waals surface area contributed by atoms with Crippen molar-refractivity contribution in [2.45, 2.75) is 26.4 Å². The third-order valence-electron chi connectivity index (χ3n) is 7.00. The average molecular weight is 568 g/mol. The molecule has 3 heterocycles. The van der Waals surface area contributed by atoms with E-state index in [-0.39, 0.29) is 12.2 Å². The molecule has 0 fully saturated rings. The molecule has 0 radical (unpaired) electrons. The van der Waals surface area contributed by atoms with Gasteiger partial charge >= 0.3 is 5.97 Å². The topological polar surface area (TPSA) is 65.6 Å². The molecule has 2 aromatic heterocycles. The highest BCUT2D eigenvalue weighted by Gasteiger charge is 2.33. The van der Waals surface area contributed by atoms with Gasteiger partial charge in [0.1, 0.15) is 0 Å². The number of rotatable bonds is 6. The molecular weight excluding hydrogens is 542 g/mol. The molecule has 0 bridgehead atoms. The van der Waals surface area contributed by atoms with Gasteiger partial charge in [-0.3, -0.25) is 9.36 Å². The number of aromatic nitrogens is 2. The van der Waals surface area contributed by atoms with Crippen LogP contribution in [0.5, 0.6) is 0 Å². The Morgan fingerprint density at radius 2 is 1.77 bits per heavy atom. The Hall–Kier alpha value is -4.20. The van der Waals surface area contributed by atoms with E-state index in [0.29, 0.717) is 25.6 Å². The molecule has 0 amide bonds. The third kappa shape index (κ3) is 4.72. The standard InChI is InChI=1S/C32H26ClN3O3S/c1-3-39-31(38)28-20(2)34-32-36(29(28)22-13-15-24(33)16-14-22)30(37)27(40-32)17-23-19-35(18-21-9-5-4-6-10-21)26-12-8-7-11-25(23)26/h4-17,19,29H,3,18H2,1-2H3/b27-17-. The molecule has 3 aromatic carbocycles. The molecule has 0 spiro atoms. The highest BCUT2D eigenvalue weighted by atomic mass is 35.5. The van der Waals surface area contributed by atoms with Crippen LogP contribution in [0.3, 0.4) is 0 Å². The Kier molecular flexibility index (Phi) is 7.00. The Labute approximate surface area is 239 Å². The highest BCUT2D eigenvalue weighted by molar-refractivity contribution is 7.07. The van der Waals surface area contributed by atoms with Crippen molar-refractivity contribution in [2.24, 2.45) is 4.99 Å². The summed E-state index contributed by atoms with van der Waals surface area (Å²) in [6.07, 6.45) is 4.01. The summed E-state index contributed by atoms with van der Waals surface area (Å²) in [4.78, 5) is 32.3. The van der Waals surface area contributed by atoms with Gasteiger partial charge < -0.3 is 9.30 Å². The van der Waals surface area contributed by atoms with Crippen LogP contribution in [0.25, 0.3) is 17.0 Å². The maximum Gasteiger partial charge on any atom is 0.338 e. The van der Waals surface area contributed by atoms with Gasteiger partial charge in [-0.05, 0) is 49.2 Å². The van der Waals surface area contributed by atoms with Gasteiger partial charge in [0.15, 0.2) is 4.80 Å². The fourth-order valence-corrected chi connectivity index (χ4v) is 6.36. The van der Waals surface area contributed by atoms with Crippen molar-refractivity contribution in [1.29, 1.82) is 0 Å². The van der Waals surface area contributed by atoms with E-state index in [0.717, 1.165) is 28.6 Å². The Bertz CT molecular complexity index is 1950. The van der Waals surface area contributed by atoms with Crippen LogP contribution in [-0.2, 0) is 16.1 Å². The largest absolute Gasteiger partial charge is 0.463 e. The van der Waals surface area contributed by atoms with Crippen LogP contribution in [0.1, 0.15) is 36.6 Å².